The largest absolute Gasteiger partial charge is 0.418 e. The van der Waals surface area contributed by atoms with Crippen molar-refractivity contribution >= 4 is 0 Å². The molecule has 4 heterocycles. The number of likely N-dealkylation sites (tertiary alicyclic amines) is 2. The average molecular weight is 358 g/mol. The van der Waals surface area contributed by atoms with Crippen molar-refractivity contribution in [3.8, 4) is 11.6 Å². The highest BCUT2D eigenvalue weighted by atomic mass is 16.4. The summed E-state index contributed by atoms with van der Waals surface area (Å²) in [6.07, 6.45) is 7.93. The highest BCUT2D eigenvalue weighted by Crippen LogP contribution is 2.25. The first-order chi connectivity index (χ1) is 12.7. The van der Waals surface area contributed by atoms with E-state index in [1.807, 2.05) is 13.1 Å². The quantitative estimate of drug-likeness (QED) is 0.794. The molecule has 2 fully saturated rings. The maximum Gasteiger partial charge on any atom is 0.264 e. The van der Waals surface area contributed by atoms with Gasteiger partial charge < -0.3 is 13.9 Å². The first-order valence-electron chi connectivity index (χ1n) is 10.1. The van der Waals surface area contributed by atoms with Crippen molar-refractivity contribution in [3.05, 3.63) is 23.7 Å². The Bertz CT molecular complexity index is 716. The lowest BCUT2D eigenvalue weighted by Gasteiger charge is -2.35. The molecule has 0 radical (unpaired) electrons. The van der Waals surface area contributed by atoms with Crippen LogP contribution in [0.4, 0.5) is 0 Å². The van der Waals surface area contributed by atoms with E-state index >= 15 is 0 Å². The molecule has 2 aromatic heterocycles. The number of aromatic nitrogens is 3. The molecule has 0 bridgehead atoms. The van der Waals surface area contributed by atoms with Gasteiger partial charge in [-0.2, -0.15) is 0 Å². The highest BCUT2D eigenvalue weighted by molar-refractivity contribution is 5.48. The van der Waals surface area contributed by atoms with Gasteiger partial charge in [0.2, 0.25) is 5.89 Å². The summed E-state index contributed by atoms with van der Waals surface area (Å²) in [6, 6.07) is 4.78. The number of nitrogens with zero attached hydrogens (tertiary/aromatic N) is 5. The number of piperidine rings is 1. The van der Waals surface area contributed by atoms with E-state index in [0.29, 0.717) is 11.9 Å². The fourth-order valence-corrected chi connectivity index (χ4v) is 4.36. The van der Waals surface area contributed by atoms with Crippen molar-refractivity contribution in [2.24, 2.45) is 7.05 Å². The van der Waals surface area contributed by atoms with Gasteiger partial charge in [0.25, 0.3) is 5.89 Å². The van der Waals surface area contributed by atoms with Crippen LogP contribution in [0.3, 0.4) is 0 Å². The second-order valence-electron chi connectivity index (χ2n) is 7.88. The highest BCUT2D eigenvalue weighted by Gasteiger charge is 2.25. The zero-order chi connectivity index (χ0) is 17.9. The summed E-state index contributed by atoms with van der Waals surface area (Å²) in [5.74, 6) is 1.37. The van der Waals surface area contributed by atoms with Crippen molar-refractivity contribution in [2.75, 3.05) is 26.2 Å². The number of rotatable bonds is 6. The molecule has 26 heavy (non-hydrogen) atoms. The lowest BCUT2D eigenvalue weighted by molar-refractivity contribution is 0.111. The van der Waals surface area contributed by atoms with Gasteiger partial charge in [0.1, 0.15) is 5.69 Å². The smallest absolute Gasteiger partial charge is 0.264 e. The van der Waals surface area contributed by atoms with Crippen LogP contribution in [-0.4, -0.2) is 56.8 Å². The molecule has 2 aliphatic heterocycles. The molecule has 2 aromatic rings. The first kappa shape index (κ1) is 17.7. The lowest BCUT2D eigenvalue weighted by atomic mass is 9.99. The van der Waals surface area contributed by atoms with Gasteiger partial charge in [0.15, 0.2) is 0 Å². The average Bonchev–Trinajstić information content (AvgIpc) is 3.38. The van der Waals surface area contributed by atoms with Gasteiger partial charge in [-0.05, 0) is 77.3 Å². The van der Waals surface area contributed by atoms with Crippen LogP contribution in [-0.2, 0) is 13.6 Å². The fourth-order valence-electron chi connectivity index (χ4n) is 4.36. The Morgan fingerprint density at radius 1 is 1.08 bits per heavy atom. The molecule has 0 aliphatic carbocycles. The van der Waals surface area contributed by atoms with Crippen molar-refractivity contribution < 1.29 is 4.42 Å². The maximum atomic E-state index is 6.00. The third kappa shape index (κ3) is 3.86. The summed E-state index contributed by atoms with van der Waals surface area (Å²) in [5.41, 5.74) is 2.18. The van der Waals surface area contributed by atoms with Crippen molar-refractivity contribution in [1.82, 2.24) is 24.6 Å². The van der Waals surface area contributed by atoms with E-state index in [1.165, 1.54) is 63.9 Å². The molecule has 4 rings (SSSR count). The molecule has 2 aliphatic rings. The second-order valence-corrected chi connectivity index (χ2v) is 7.88. The summed E-state index contributed by atoms with van der Waals surface area (Å²) >= 11 is 0. The van der Waals surface area contributed by atoms with Crippen molar-refractivity contribution in [2.45, 2.75) is 58.0 Å². The first-order valence-corrected chi connectivity index (χ1v) is 10.1. The predicted molar refractivity (Wildman–Crippen MR) is 102 cm³/mol. The van der Waals surface area contributed by atoms with Crippen molar-refractivity contribution in [1.29, 1.82) is 0 Å². The molecule has 0 N–H and O–H groups in total. The second kappa shape index (κ2) is 7.92. The van der Waals surface area contributed by atoms with Gasteiger partial charge in [0.05, 0.1) is 6.54 Å². The van der Waals surface area contributed by atoms with Crippen LogP contribution in [0.1, 0.15) is 50.1 Å². The molecular formula is C20H31N5O. The van der Waals surface area contributed by atoms with Crippen LogP contribution < -0.4 is 0 Å². The van der Waals surface area contributed by atoms with E-state index in [2.05, 4.69) is 37.6 Å². The van der Waals surface area contributed by atoms with Gasteiger partial charge in [-0.25, -0.2) is 0 Å². The summed E-state index contributed by atoms with van der Waals surface area (Å²) in [7, 11) is 2.04. The molecule has 0 aromatic carbocycles. The minimum Gasteiger partial charge on any atom is -0.418 e. The molecule has 1 atom stereocenters. The summed E-state index contributed by atoms with van der Waals surface area (Å²) in [4.78, 5) is 5.18. The topological polar surface area (TPSA) is 50.3 Å². The summed E-state index contributed by atoms with van der Waals surface area (Å²) < 4.78 is 8.09. The monoisotopic (exact) mass is 357 g/mol. The third-order valence-corrected chi connectivity index (χ3v) is 6.12. The van der Waals surface area contributed by atoms with Gasteiger partial charge in [0, 0.05) is 18.8 Å². The van der Waals surface area contributed by atoms with Gasteiger partial charge in [-0.3, -0.25) is 4.90 Å². The van der Waals surface area contributed by atoms with Crippen LogP contribution >= 0.6 is 0 Å². The van der Waals surface area contributed by atoms with E-state index < -0.39 is 0 Å². The summed E-state index contributed by atoms with van der Waals surface area (Å²) in [5, 5.41) is 8.61. The van der Waals surface area contributed by atoms with Crippen LogP contribution in [0.25, 0.3) is 11.6 Å². The number of hydrogen-bond acceptors (Lipinski definition) is 5. The lowest BCUT2D eigenvalue weighted by Crippen LogP contribution is -2.41. The molecule has 142 valence electrons. The third-order valence-electron chi connectivity index (χ3n) is 6.12. The summed E-state index contributed by atoms with van der Waals surface area (Å²) in [6.45, 7) is 7.82. The molecule has 6 nitrogen and oxygen atoms in total. The Morgan fingerprint density at radius 3 is 2.65 bits per heavy atom. The predicted octanol–water partition coefficient (Wildman–Crippen LogP) is 3.22. The van der Waals surface area contributed by atoms with E-state index in [4.69, 9.17) is 4.42 Å². The van der Waals surface area contributed by atoms with E-state index in [9.17, 15) is 0 Å². The molecule has 0 unspecified atom stereocenters. The van der Waals surface area contributed by atoms with E-state index in [1.54, 1.807) is 0 Å². The zero-order valence-electron chi connectivity index (χ0n) is 16.2. The maximum absolute atomic E-state index is 6.00. The molecule has 2 saturated heterocycles. The Hall–Kier alpha value is -1.66. The Labute approximate surface area is 156 Å². The molecule has 0 spiro atoms. The molecule has 6 heteroatoms. The van der Waals surface area contributed by atoms with Gasteiger partial charge in [-0.15, -0.1) is 10.2 Å². The molecule has 0 amide bonds. The SMILES string of the molecule is Cc1ccc(-c2nnc(CN3CCCC[C@H]3CCN3CCCC3)o2)n1C. The fraction of sp³-hybridized carbons (Fsp3) is 0.700. The Balaban J connectivity index is 1.39. The van der Waals surface area contributed by atoms with Gasteiger partial charge >= 0.3 is 0 Å². The van der Waals surface area contributed by atoms with Crippen LogP contribution in [0.15, 0.2) is 16.5 Å². The Morgan fingerprint density at radius 2 is 1.88 bits per heavy atom. The van der Waals surface area contributed by atoms with Gasteiger partial charge in [-0.1, -0.05) is 6.42 Å². The zero-order valence-corrected chi connectivity index (χ0v) is 16.2. The van der Waals surface area contributed by atoms with E-state index in [-0.39, 0.29) is 0 Å². The number of aryl methyl sites for hydroxylation is 1. The Kier molecular flexibility index (Phi) is 5.41. The minimum absolute atomic E-state index is 0.626. The molecule has 0 saturated carbocycles. The standard InChI is InChI=1S/C20H31N5O/c1-16-8-9-18(23(16)2)20-22-21-19(26-20)15-25-13-4-3-7-17(25)10-14-24-11-5-6-12-24/h8-9,17H,3-7,10-15H2,1-2H3/t17-/m0/s1. The van der Waals surface area contributed by atoms with Crippen LogP contribution in [0.2, 0.25) is 0 Å². The minimum atomic E-state index is 0.626. The normalized spacial score (nSPS) is 22.3. The van der Waals surface area contributed by atoms with Crippen molar-refractivity contribution in [3.63, 3.8) is 0 Å². The molecular weight excluding hydrogens is 326 g/mol. The van der Waals surface area contributed by atoms with E-state index in [0.717, 1.165) is 24.7 Å². The van der Waals surface area contributed by atoms with Crippen LogP contribution in [0, 0.1) is 6.92 Å². The van der Waals surface area contributed by atoms with Crippen LogP contribution in [0.5, 0.6) is 0 Å². The number of hydrogen-bond donors (Lipinski definition) is 0.